The molecule has 0 bridgehead atoms. The summed E-state index contributed by atoms with van der Waals surface area (Å²) in [4.78, 5) is 6.70. The first kappa shape index (κ1) is 13.5. The molecule has 5 heteroatoms. The zero-order valence-electron chi connectivity index (χ0n) is 11.5. The predicted octanol–water partition coefficient (Wildman–Crippen LogP) is 1.45. The number of rotatable bonds is 6. The van der Waals surface area contributed by atoms with Crippen LogP contribution in [0.5, 0.6) is 0 Å². The lowest BCUT2D eigenvalue weighted by Gasteiger charge is -2.26. The molecule has 102 valence electrons. The number of nitrogens with one attached hydrogen (secondary N) is 1. The highest BCUT2D eigenvalue weighted by molar-refractivity contribution is 4.86. The molecular formula is C13H24N4O. The fourth-order valence-corrected chi connectivity index (χ4v) is 2.48. The van der Waals surface area contributed by atoms with Gasteiger partial charge in [-0.2, -0.15) is 4.98 Å². The van der Waals surface area contributed by atoms with Gasteiger partial charge in [0.1, 0.15) is 0 Å². The van der Waals surface area contributed by atoms with Gasteiger partial charge in [-0.15, -0.1) is 0 Å². The van der Waals surface area contributed by atoms with Gasteiger partial charge in [-0.05, 0) is 45.3 Å². The Morgan fingerprint density at radius 1 is 1.39 bits per heavy atom. The summed E-state index contributed by atoms with van der Waals surface area (Å²) in [5, 5.41) is 7.42. The smallest absolute Gasteiger partial charge is 0.226 e. The number of hydrogen-bond acceptors (Lipinski definition) is 5. The van der Waals surface area contributed by atoms with Crippen LogP contribution in [0.4, 0.5) is 0 Å². The molecule has 0 unspecified atom stereocenters. The van der Waals surface area contributed by atoms with Gasteiger partial charge in [-0.3, -0.25) is 4.90 Å². The van der Waals surface area contributed by atoms with Gasteiger partial charge >= 0.3 is 0 Å². The molecule has 1 aliphatic rings. The van der Waals surface area contributed by atoms with Crippen LogP contribution < -0.4 is 5.32 Å². The first-order valence-corrected chi connectivity index (χ1v) is 6.98. The van der Waals surface area contributed by atoms with Crippen molar-refractivity contribution in [2.45, 2.75) is 39.2 Å². The minimum absolute atomic E-state index is 0.766. The van der Waals surface area contributed by atoms with Crippen LogP contribution in [-0.4, -0.2) is 41.7 Å². The van der Waals surface area contributed by atoms with Crippen molar-refractivity contribution in [2.75, 3.05) is 26.7 Å². The molecule has 5 nitrogen and oxygen atoms in total. The van der Waals surface area contributed by atoms with E-state index in [-0.39, 0.29) is 0 Å². The molecule has 1 N–H and O–H groups in total. The molecule has 2 heterocycles. The maximum Gasteiger partial charge on any atom is 0.226 e. The molecular weight excluding hydrogens is 228 g/mol. The minimum atomic E-state index is 0.766. The molecule has 1 aliphatic heterocycles. The van der Waals surface area contributed by atoms with Crippen LogP contribution in [0.3, 0.4) is 0 Å². The van der Waals surface area contributed by atoms with E-state index in [4.69, 9.17) is 4.52 Å². The van der Waals surface area contributed by atoms with Crippen molar-refractivity contribution >= 4 is 0 Å². The quantitative estimate of drug-likeness (QED) is 0.830. The summed E-state index contributed by atoms with van der Waals surface area (Å²) in [5.41, 5.74) is 0. The van der Waals surface area contributed by atoms with Gasteiger partial charge in [0, 0.05) is 13.0 Å². The highest BCUT2D eigenvalue weighted by Gasteiger charge is 2.16. The van der Waals surface area contributed by atoms with Gasteiger partial charge in [0.15, 0.2) is 5.82 Å². The SMILES string of the molecule is CCCc1nc(CN(C)CC2CCNCC2)no1. The van der Waals surface area contributed by atoms with Crippen LogP contribution in [0.1, 0.15) is 37.9 Å². The molecule has 0 aromatic carbocycles. The number of nitrogens with zero attached hydrogens (tertiary/aromatic N) is 3. The van der Waals surface area contributed by atoms with Crippen molar-refractivity contribution in [3.05, 3.63) is 11.7 Å². The number of hydrogen-bond donors (Lipinski definition) is 1. The van der Waals surface area contributed by atoms with E-state index in [9.17, 15) is 0 Å². The molecule has 1 fully saturated rings. The van der Waals surface area contributed by atoms with Crippen LogP contribution in [-0.2, 0) is 13.0 Å². The lowest BCUT2D eigenvalue weighted by atomic mass is 9.98. The highest BCUT2D eigenvalue weighted by Crippen LogP contribution is 2.13. The van der Waals surface area contributed by atoms with Crippen molar-refractivity contribution in [2.24, 2.45) is 5.92 Å². The Balaban J connectivity index is 1.76. The number of aromatic nitrogens is 2. The fourth-order valence-electron chi connectivity index (χ4n) is 2.48. The fraction of sp³-hybridized carbons (Fsp3) is 0.846. The summed E-state index contributed by atoms with van der Waals surface area (Å²) in [5.74, 6) is 2.39. The molecule has 0 saturated carbocycles. The molecule has 0 radical (unpaired) electrons. The second kappa shape index (κ2) is 6.85. The molecule has 0 amide bonds. The van der Waals surface area contributed by atoms with E-state index >= 15 is 0 Å². The van der Waals surface area contributed by atoms with E-state index in [1.807, 2.05) is 0 Å². The summed E-state index contributed by atoms with van der Waals surface area (Å²) in [7, 11) is 2.14. The van der Waals surface area contributed by atoms with Crippen LogP contribution >= 0.6 is 0 Å². The minimum Gasteiger partial charge on any atom is -0.339 e. The van der Waals surface area contributed by atoms with Gasteiger partial charge in [-0.25, -0.2) is 0 Å². The Labute approximate surface area is 109 Å². The monoisotopic (exact) mass is 252 g/mol. The Morgan fingerprint density at radius 2 is 2.17 bits per heavy atom. The van der Waals surface area contributed by atoms with Crippen LogP contribution in [0.25, 0.3) is 0 Å². The summed E-state index contributed by atoms with van der Waals surface area (Å²) < 4.78 is 5.20. The number of aryl methyl sites for hydroxylation is 1. The first-order chi connectivity index (χ1) is 8.78. The summed E-state index contributed by atoms with van der Waals surface area (Å²) in [6.07, 6.45) is 4.48. The molecule has 18 heavy (non-hydrogen) atoms. The Kier molecular flexibility index (Phi) is 5.13. The van der Waals surface area contributed by atoms with Crippen LogP contribution in [0.15, 0.2) is 4.52 Å². The van der Waals surface area contributed by atoms with E-state index < -0.39 is 0 Å². The van der Waals surface area contributed by atoms with Crippen molar-refractivity contribution in [1.29, 1.82) is 0 Å². The van der Waals surface area contributed by atoms with Crippen molar-refractivity contribution in [1.82, 2.24) is 20.4 Å². The van der Waals surface area contributed by atoms with E-state index in [0.29, 0.717) is 0 Å². The van der Waals surface area contributed by atoms with Gasteiger partial charge in [0.2, 0.25) is 5.89 Å². The largest absolute Gasteiger partial charge is 0.339 e. The molecule has 1 aromatic heterocycles. The standard InChI is InChI=1S/C13H24N4O/c1-3-4-13-15-12(16-18-13)10-17(2)9-11-5-7-14-8-6-11/h11,14H,3-10H2,1-2H3. The average Bonchev–Trinajstić information content (AvgIpc) is 2.78. The van der Waals surface area contributed by atoms with E-state index in [1.165, 1.54) is 12.8 Å². The van der Waals surface area contributed by atoms with Crippen molar-refractivity contribution < 1.29 is 4.52 Å². The van der Waals surface area contributed by atoms with Gasteiger partial charge < -0.3 is 9.84 Å². The third-order valence-corrected chi connectivity index (χ3v) is 3.41. The van der Waals surface area contributed by atoms with Gasteiger partial charge in [0.05, 0.1) is 6.54 Å². The summed E-state index contributed by atoms with van der Waals surface area (Å²) >= 11 is 0. The first-order valence-electron chi connectivity index (χ1n) is 6.98. The van der Waals surface area contributed by atoms with E-state index in [2.05, 4.69) is 34.3 Å². The lowest BCUT2D eigenvalue weighted by Crippen LogP contribution is -2.34. The van der Waals surface area contributed by atoms with Gasteiger partial charge in [0.25, 0.3) is 0 Å². The Bertz CT molecular complexity index is 347. The van der Waals surface area contributed by atoms with E-state index in [0.717, 1.165) is 56.7 Å². The number of piperidine rings is 1. The second-order valence-corrected chi connectivity index (χ2v) is 5.24. The molecule has 1 saturated heterocycles. The average molecular weight is 252 g/mol. The highest BCUT2D eigenvalue weighted by atomic mass is 16.5. The van der Waals surface area contributed by atoms with Crippen LogP contribution in [0, 0.1) is 5.92 Å². The second-order valence-electron chi connectivity index (χ2n) is 5.24. The third kappa shape index (κ3) is 4.07. The summed E-state index contributed by atoms with van der Waals surface area (Å²) in [6.45, 7) is 6.34. The topological polar surface area (TPSA) is 54.2 Å². The zero-order chi connectivity index (χ0) is 12.8. The van der Waals surface area contributed by atoms with Crippen LogP contribution in [0.2, 0.25) is 0 Å². The molecule has 0 spiro atoms. The molecule has 2 rings (SSSR count). The van der Waals surface area contributed by atoms with Gasteiger partial charge in [-0.1, -0.05) is 12.1 Å². The zero-order valence-corrected chi connectivity index (χ0v) is 11.5. The molecule has 0 atom stereocenters. The van der Waals surface area contributed by atoms with Crippen molar-refractivity contribution in [3.63, 3.8) is 0 Å². The Hall–Kier alpha value is -0.940. The Morgan fingerprint density at radius 3 is 2.89 bits per heavy atom. The maximum atomic E-state index is 5.20. The van der Waals surface area contributed by atoms with Crippen molar-refractivity contribution in [3.8, 4) is 0 Å². The van der Waals surface area contributed by atoms with E-state index in [1.54, 1.807) is 0 Å². The normalized spacial score (nSPS) is 17.5. The third-order valence-electron chi connectivity index (χ3n) is 3.41. The predicted molar refractivity (Wildman–Crippen MR) is 70.2 cm³/mol. The lowest BCUT2D eigenvalue weighted by molar-refractivity contribution is 0.228. The summed E-state index contributed by atoms with van der Waals surface area (Å²) in [6, 6.07) is 0. The maximum absolute atomic E-state index is 5.20. The molecule has 0 aliphatic carbocycles. The molecule has 1 aromatic rings.